The average molecular weight is 293 g/mol. The molecular formula is C15H23N3O3. The van der Waals surface area contributed by atoms with E-state index in [4.69, 9.17) is 9.63 Å². The maximum absolute atomic E-state index is 12.3. The number of hydrogen-bond acceptors (Lipinski definition) is 5. The molecule has 1 saturated heterocycles. The minimum Gasteiger partial charge on any atom is -0.387 e. The fourth-order valence-corrected chi connectivity index (χ4v) is 3.48. The smallest absolute Gasteiger partial charge is 0.252 e. The molecule has 2 heterocycles. The largest absolute Gasteiger partial charge is 0.387 e. The highest BCUT2D eigenvalue weighted by Gasteiger charge is 2.30. The van der Waals surface area contributed by atoms with Crippen LogP contribution in [0.15, 0.2) is 4.52 Å². The van der Waals surface area contributed by atoms with Crippen molar-refractivity contribution in [3.05, 3.63) is 11.7 Å². The Hall–Kier alpha value is -1.43. The van der Waals surface area contributed by atoms with Crippen molar-refractivity contribution < 1.29 is 14.4 Å². The number of aromatic nitrogens is 2. The molecule has 2 fully saturated rings. The van der Waals surface area contributed by atoms with Crippen LogP contribution >= 0.6 is 0 Å². The van der Waals surface area contributed by atoms with Gasteiger partial charge in [0.05, 0.1) is 0 Å². The van der Waals surface area contributed by atoms with E-state index in [1.165, 1.54) is 25.7 Å². The van der Waals surface area contributed by atoms with Gasteiger partial charge in [0.25, 0.3) is 5.89 Å². The van der Waals surface area contributed by atoms with Crippen LogP contribution in [0.25, 0.3) is 0 Å². The molecule has 1 N–H and O–H groups in total. The molecule has 0 bridgehead atoms. The van der Waals surface area contributed by atoms with Crippen LogP contribution < -0.4 is 0 Å². The molecule has 21 heavy (non-hydrogen) atoms. The second-order valence-electron chi connectivity index (χ2n) is 6.22. The van der Waals surface area contributed by atoms with Gasteiger partial charge in [-0.15, -0.1) is 0 Å². The van der Waals surface area contributed by atoms with Crippen molar-refractivity contribution >= 4 is 5.91 Å². The highest BCUT2D eigenvalue weighted by molar-refractivity contribution is 5.76. The molecule has 1 aliphatic carbocycles. The van der Waals surface area contributed by atoms with Gasteiger partial charge in [-0.1, -0.05) is 30.8 Å². The van der Waals surface area contributed by atoms with Crippen molar-refractivity contribution in [3.63, 3.8) is 0 Å². The molecule has 1 aliphatic heterocycles. The molecule has 1 unspecified atom stereocenters. The number of rotatable bonds is 5. The highest BCUT2D eigenvalue weighted by atomic mass is 16.5. The quantitative estimate of drug-likeness (QED) is 0.896. The summed E-state index contributed by atoms with van der Waals surface area (Å²) in [6.07, 6.45) is 7.83. The van der Waals surface area contributed by atoms with Gasteiger partial charge in [-0.2, -0.15) is 4.98 Å². The summed E-state index contributed by atoms with van der Waals surface area (Å²) < 4.78 is 4.92. The van der Waals surface area contributed by atoms with Crippen molar-refractivity contribution in [2.45, 2.75) is 57.5 Å². The maximum Gasteiger partial charge on any atom is 0.252 e. The predicted molar refractivity (Wildman–Crippen MR) is 75.4 cm³/mol. The van der Waals surface area contributed by atoms with E-state index in [-0.39, 0.29) is 24.3 Å². The van der Waals surface area contributed by atoms with Crippen LogP contribution in [-0.4, -0.2) is 39.1 Å². The van der Waals surface area contributed by atoms with E-state index in [9.17, 15) is 4.79 Å². The molecular weight excluding hydrogens is 270 g/mol. The number of aliphatic hydroxyl groups excluding tert-OH is 1. The summed E-state index contributed by atoms with van der Waals surface area (Å²) in [5, 5.41) is 12.8. The lowest BCUT2D eigenvalue weighted by atomic mass is 10.0. The number of aliphatic hydroxyl groups is 1. The fourth-order valence-electron chi connectivity index (χ4n) is 3.48. The lowest BCUT2D eigenvalue weighted by Crippen LogP contribution is -2.28. The average Bonchev–Trinajstić information content (AvgIpc) is 3.24. The standard InChI is InChI=1S/C15H23N3O3/c19-10-13-16-15(17-21-13)12-7-8-18(9-12)14(20)6-5-11-3-1-2-4-11/h11-12,19H,1-10H2. The third-order valence-corrected chi connectivity index (χ3v) is 4.77. The highest BCUT2D eigenvalue weighted by Crippen LogP contribution is 2.30. The molecule has 3 rings (SSSR count). The summed E-state index contributed by atoms with van der Waals surface area (Å²) in [6.45, 7) is 1.22. The zero-order valence-corrected chi connectivity index (χ0v) is 12.3. The van der Waals surface area contributed by atoms with Crippen molar-refractivity contribution in [1.29, 1.82) is 0 Å². The van der Waals surface area contributed by atoms with Crippen LogP contribution in [0, 0.1) is 5.92 Å². The van der Waals surface area contributed by atoms with Crippen LogP contribution in [-0.2, 0) is 11.4 Å². The number of amides is 1. The Bertz CT molecular complexity index is 482. The van der Waals surface area contributed by atoms with Gasteiger partial charge in [0.1, 0.15) is 6.61 Å². The van der Waals surface area contributed by atoms with E-state index in [0.717, 1.165) is 25.3 Å². The molecule has 1 aromatic rings. The topological polar surface area (TPSA) is 79.5 Å². The Morgan fingerprint density at radius 1 is 1.33 bits per heavy atom. The van der Waals surface area contributed by atoms with E-state index < -0.39 is 0 Å². The van der Waals surface area contributed by atoms with Gasteiger partial charge in [0.15, 0.2) is 5.82 Å². The zero-order valence-electron chi connectivity index (χ0n) is 12.3. The number of likely N-dealkylation sites (tertiary alicyclic amines) is 1. The normalized spacial score (nSPS) is 23.1. The monoisotopic (exact) mass is 293 g/mol. The van der Waals surface area contributed by atoms with E-state index in [1.807, 2.05) is 4.90 Å². The van der Waals surface area contributed by atoms with Crippen molar-refractivity contribution in [1.82, 2.24) is 15.0 Å². The minimum absolute atomic E-state index is 0.143. The van der Waals surface area contributed by atoms with Crippen molar-refractivity contribution in [2.24, 2.45) is 5.92 Å². The lowest BCUT2D eigenvalue weighted by Gasteiger charge is -2.17. The van der Waals surface area contributed by atoms with Gasteiger partial charge in [0, 0.05) is 25.4 Å². The van der Waals surface area contributed by atoms with E-state index >= 15 is 0 Å². The van der Waals surface area contributed by atoms with Gasteiger partial charge < -0.3 is 14.5 Å². The number of hydrogen-bond donors (Lipinski definition) is 1. The molecule has 6 heteroatoms. The summed E-state index contributed by atoms with van der Waals surface area (Å²) in [5.74, 6) is 2.03. The molecule has 6 nitrogen and oxygen atoms in total. The molecule has 0 radical (unpaired) electrons. The zero-order chi connectivity index (χ0) is 14.7. The second-order valence-corrected chi connectivity index (χ2v) is 6.22. The first-order valence-corrected chi connectivity index (χ1v) is 7.97. The summed E-state index contributed by atoms with van der Waals surface area (Å²) in [6, 6.07) is 0. The number of carbonyl (C=O) groups excluding carboxylic acids is 1. The van der Waals surface area contributed by atoms with Gasteiger partial charge in [-0.3, -0.25) is 4.79 Å². The molecule has 1 saturated carbocycles. The SMILES string of the molecule is O=C(CCC1CCCC1)N1CCC(c2noc(CO)n2)C1. The molecule has 0 spiro atoms. The van der Waals surface area contributed by atoms with Crippen molar-refractivity contribution in [3.8, 4) is 0 Å². The molecule has 1 amide bonds. The van der Waals surface area contributed by atoms with E-state index in [1.54, 1.807) is 0 Å². The van der Waals surface area contributed by atoms with E-state index in [0.29, 0.717) is 18.8 Å². The minimum atomic E-state index is -0.232. The fraction of sp³-hybridized carbons (Fsp3) is 0.800. The van der Waals surface area contributed by atoms with Gasteiger partial charge in [-0.05, 0) is 18.8 Å². The Labute approximate surface area is 124 Å². The van der Waals surface area contributed by atoms with Gasteiger partial charge in [-0.25, -0.2) is 0 Å². The number of nitrogens with zero attached hydrogens (tertiary/aromatic N) is 3. The van der Waals surface area contributed by atoms with Crippen LogP contribution in [0.1, 0.15) is 62.6 Å². The van der Waals surface area contributed by atoms with Crippen LogP contribution in [0.5, 0.6) is 0 Å². The third kappa shape index (κ3) is 3.43. The predicted octanol–water partition coefficient (Wildman–Crippen LogP) is 1.85. The first-order chi connectivity index (χ1) is 10.3. The summed E-state index contributed by atoms with van der Waals surface area (Å²) >= 11 is 0. The Kier molecular flexibility index (Phi) is 4.53. The van der Waals surface area contributed by atoms with Gasteiger partial charge in [0.2, 0.25) is 5.91 Å². The Balaban J connectivity index is 1.47. The van der Waals surface area contributed by atoms with Gasteiger partial charge >= 0.3 is 0 Å². The number of carbonyl (C=O) groups is 1. The summed E-state index contributed by atoms with van der Waals surface area (Å²) in [4.78, 5) is 18.3. The first kappa shape index (κ1) is 14.5. The molecule has 116 valence electrons. The van der Waals surface area contributed by atoms with Crippen molar-refractivity contribution in [2.75, 3.05) is 13.1 Å². The van der Waals surface area contributed by atoms with Crippen LogP contribution in [0.3, 0.4) is 0 Å². The summed E-state index contributed by atoms with van der Waals surface area (Å²) in [7, 11) is 0. The molecule has 2 aliphatic rings. The van der Waals surface area contributed by atoms with Crippen LogP contribution in [0.4, 0.5) is 0 Å². The molecule has 0 aromatic carbocycles. The van der Waals surface area contributed by atoms with E-state index in [2.05, 4.69) is 10.1 Å². The lowest BCUT2D eigenvalue weighted by molar-refractivity contribution is -0.130. The Morgan fingerprint density at radius 2 is 2.14 bits per heavy atom. The Morgan fingerprint density at radius 3 is 2.86 bits per heavy atom. The first-order valence-electron chi connectivity index (χ1n) is 7.97. The summed E-state index contributed by atoms with van der Waals surface area (Å²) in [5.41, 5.74) is 0. The maximum atomic E-state index is 12.3. The second kappa shape index (κ2) is 6.56. The molecule has 1 aromatic heterocycles. The third-order valence-electron chi connectivity index (χ3n) is 4.77. The van der Waals surface area contributed by atoms with Crippen LogP contribution in [0.2, 0.25) is 0 Å². The molecule has 1 atom stereocenters.